The summed E-state index contributed by atoms with van der Waals surface area (Å²) in [5, 5.41) is 7.39. The predicted octanol–water partition coefficient (Wildman–Crippen LogP) is 4.48. The minimum atomic E-state index is -1.06. The van der Waals surface area contributed by atoms with E-state index in [2.05, 4.69) is 43.8 Å². The topological polar surface area (TPSA) is 97.9 Å². The summed E-state index contributed by atoms with van der Waals surface area (Å²) in [5.41, 5.74) is 2.78. The van der Waals surface area contributed by atoms with Crippen molar-refractivity contribution < 1.29 is 13.6 Å². The smallest absolute Gasteiger partial charge is 0.280 e. The Labute approximate surface area is 256 Å². The Balaban J connectivity index is 1.21. The first kappa shape index (κ1) is 29.4. The van der Waals surface area contributed by atoms with Gasteiger partial charge in [0.05, 0.1) is 30.3 Å². The number of pyridine rings is 1. The zero-order valence-corrected chi connectivity index (χ0v) is 24.8. The van der Waals surface area contributed by atoms with E-state index in [1.54, 1.807) is 0 Å². The van der Waals surface area contributed by atoms with E-state index in [9.17, 15) is 18.4 Å². The van der Waals surface area contributed by atoms with E-state index in [-0.39, 0.29) is 29.4 Å². The van der Waals surface area contributed by atoms with Gasteiger partial charge in [-0.3, -0.25) is 14.6 Å². The van der Waals surface area contributed by atoms with Crippen molar-refractivity contribution >= 4 is 39.4 Å². The number of nitrogens with one attached hydrogen (secondary N) is 1. The molecule has 1 atom stereocenters. The van der Waals surface area contributed by atoms with Gasteiger partial charge in [0.1, 0.15) is 16.9 Å². The zero-order valence-electron chi connectivity index (χ0n) is 24.1. The fourth-order valence-electron chi connectivity index (χ4n) is 5.72. The largest absolute Gasteiger partial charge is 0.341 e. The van der Waals surface area contributed by atoms with Gasteiger partial charge in [-0.05, 0) is 75.3 Å². The number of imidazole rings is 1. The highest BCUT2D eigenvalue weighted by Crippen LogP contribution is 2.31. The summed E-state index contributed by atoms with van der Waals surface area (Å²) in [4.78, 5) is 37.5. The van der Waals surface area contributed by atoms with Crippen molar-refractivity contribution in [2.45, 2.75) is 32.4 Å². The summed E-state index contributed by atoms with van der Waals surface area (Å²) >= 11 is 6.06. The summed E-state index contributed by atoms with van der Waals surface area (Å²) in [6.07, 6.45) is 4.02. The minimum Gasteiger partial charge on any atom is -0.341 e. The molecule has 0 radical (unpaired) electrons. The molecule has 1 fully saturated rings. The minimum absolute atomic E-state index is 0.0344. The van der Waals surface area contributed by atoms with Crippen LogP contribution in [0.5, 0.6) is 0 Å². The number of rotatable bonds is 5. The number of benzene rings is 2. The number of carbonyl (C=O) groups excluding carboxylic acids is 1. The first-order valence-corrected chi connectivity index (χ1v) is 14.5. The third kappa shape index (κ3) is 5.91. The van der Waals surface area contributed by atoms with Gasteiger partial charge in [-0.2, -0.15) is 5.10 Å². The average molecular weight is 616 g/mol. The molecule has 1 aliphatic heterocycles. The standard InChI is InChI=1S/C32H28ClF2N7O2/c1-19-38-28-16-37-27-10-8-20(13-23(27)30(28)42(19)22-6-4-12-40(2)18-22)5-3-11-36-31(43)24-15-29(33)39-41(32(24)44)17-21-7-9-25(34)26(35)14-21/h7-10,13-16,22H,4,6,11-12,17-18H2,1-2H3,(H,36,43). The SMILES string of the molecule is Cc1nc2cnc3ccc(C#CCNC(=O)c4cc(Cl)nn(Cc5ccc(F)c(F)c5)c4=O)cc3c2n1C1CCCN(C)C1. The monoisotopic (exact) mass is 615 g/mol. The molecule has 1 amide bonds. The third-order valence-corrected chi connectivity index (χ3v) is 7.92. The highest BCUT2D eigenvalue weighted by molar-refractivity contribution is 6.29. The Kier molecular flexibility index (Phi) is 8.12. The quantitative estimate of drug-likeness (QED) is 0.293. The van der Waals surface area contributed by atoms with Gasteiger partial charge in [0, 0.05) is 23.5 Å². The van der Waals surface area contributed by atoms with Crippen molar-refractivity contribution in [2.75, 3.05) is 26.7 Å². The van der Waals surface area contributed by atoms with E-state index in [0.29, 0.717) is 6.04 Å². The number of aryl methyl sites for hydroxylation is 1. The number of nitrogens with zero attached hydrogens (tertiary/aromatic N) is 6. The van der Waals surface area contributed by atoms with Crippen LogP contribution in [-0.4, -0.2) is 61.8 Å². The van der Waals surface area contributed by atoms with E-state index in [0.717, 1.165) is 82.1 Å². The van der Waals surface area contributed by atoms with Crippen LogP contribution >= 0.6 is 11.6 Å². The van der Waals surface area contributed by atoms with Gasteiger partial charge >= 0.3 is 0 Å². The summed E-state index contributed by atoms with van der Waals surface area (Å²) < 4.78 is 30.2. The van der Waals surface area contributed by atoms with Crippen molar-refractivity contribution in [1.29, 1.82) is 0 Å². The molecule has 3 aromatic heterocycles. The molecule has 1 saturated heterocycles. The van der Waals surface area contributed by atoms with Crippen LogP contribution in [0.2, 0.25) is 5.15 Å². The van der Waals surface area contributed by atoms with Gasteiger partial charge in [-0.1, -0.05) is 29.5 Å². The van der Waals surface area contributed by atoms with Crippen molar-refractivity contribution in [1.82, 2.24) is 34.5 Å². The van der Waals surface area contributed by atoms with Crippen LogP contribution in [0.3, 0.4) is 0 Å². The van der Waals surface area contributed by atoms with Crippen LogP contribution in [-0.2, 0) is 6.54 Å². The molecule has 1 aliphatic rings. The van der Waals surface area contributed by atoms with E-state index < -0.39 is 23.1 Å². The molecule has 6 rings (SSSR count). The molecule has 2 aromatic carbocycles. The summed E-state index contributed by atoms with van der Waals surface area (Å²) in [6.45, 7) is 3.83. The number of carbonyl (C=O) groups is 1. The molecule has 12 heteroatoms. The molecule has 44 heavy (non-hydrogen) atoms. The number of hydrogen-bond donors (Lipinski definition) is 1. The molecule has 0 bridgehead atoms. The number of likely N-dealkylation sites (N-methyl/N-ethyl adjacent to an activating group) is 1. The lowest BCUT2D eigenvalue weighted by atomic mass is 10.0. The molecule has 1 N–H and O–H groups in total. The maximum absolute atomic E-state index is 13.6. The molecule has 0 spiro atoms. The van der Waals surface area contributed by atoms with Crippen molar-refractivity contribution in [3.8, 4) is 11.8 Å². The van der Waals surface area contributed by atoms with Crippen molar-refractivity contribution in [3.05, 3.63) is 98.3 Å². The Hall–Kier alpha value is -4.66. The molecule has 5 aromatic rings. The number of piperidine rings is 1. The first-order valence-electron chi connectivity index (χ1n) is 14.1. The number of aromatic nitrogens is 5. The molecule has 0 saturated carbocycles. The van der Waals surface area contributed by atoms with Crippen LogP contribution < -0.4 is 10.9 Å². The maximum atomic E-state index is 13.6. The molecular formula is C32H28ClF2N7O2. The van der Waals surface area contributed by atoms with E-state index in [1.807, 2.05) is 31.3 Å². The molecular weight excluding hydrogens is 588 g/mol. The van der Waals surface area contributed by atoms with E-state index in [4.69, 9.17) is 16.6 Å². The molecule has 224 valence electrons. The predicted molar refractivity (Wildman–Crippen MR) is 164 cm³/mol. The van der Waals surface area contributed by atoms with Gasteiger partial charge in [0.15, 0.2) is 16.8 Å². The number of likely N-dealkylation sites (tertiary alicyclic amines) is 1. The summed E-state index contributed by atoms with van der Waals surface area (Å²) in [6, 6.07) is 10.5. The van der Waals surface area contributed by atoms with E-state index in [1.165, 1.54) is 6.07 Å². The second kappa shape index (κ2) is 12.1. The Bertz CT molecular complexity index is 2050. The summed E-state index contributed by atoms with van der Waals surface area (Å²) in [5.74, 6) is 4.22. The second-order valence-electron chi connectivity index (χ2n) is 10.9. The molecule has 1 unspecified atom stereocenters. The van der Waals surface area contributed by atoms with Gasteiger partial charge in [-0.15, -0.1) is 0 Å². The second-order valence-corrected chi connectivity index (χ2v) is 11.3. The lowest BCUT2D eigenvalue weighted by Crippen LogP contribution is -2.34. The van der Waals surface area contributed by atoms with Crippen LogP contribution in [0, 0.1) is 30.4 Å². The fourth-order valence-corrected chi connectivity index (χ4v) is 5.92. The maximum Gasteiger partial charge on any atom is 0.280 e. The first-order chi connectivity index (χ1) is 21.2. The third-order valence-electron chi connectivity index (χ3n) is 7.73. The van der Waals surface area contributed by atoms with Crippen molar-refractivity contribution in [3.63, 3.8) is 0 Å². The molecule has 9 nitrogen and oxygen atoms in total. The zero-order chi connectivity index (χ0) is 31.0. The molecule has 0 aliphatic carbocycles. The number of hydrogen-bond acceptors (Lipinski definition) is 6. The van der Waals surface area contributed by atoms with Gasteiger partial charge in [-0.25, -0.2) is 18.4 Å². The van der Waals surface area contributed by atoms with Crippen molar-refractivity contribution in [2.24, 2.45) is 0 Å². The molecule has 4 heterocycles. The van der Waals surface area contributed by atoms with Gasteiger partial charge in [0.25, 0.3) is 11.5 Å². The number of halogens is 3. The van der Waals surface area contributed by atoms with Gasteiger partial charge < -0.3 is 14.8 Å². The normalized spacial score (nSPS) is 15.3. The van der Waals surface area contributed by atoms with E-state index >= 15 is 0 Å². The van der Waals surface area contributed by atoms with Gasteiger partial charge in [0.2, 0.25) is 0 Å². The highest BCUT2D eigenvalue weighted by Gasteiger charge is 2.24. The van der Waals surface area contributed by atoms with Crippen LogP contribution in [0.1, 0.15) is 46.2 Å². The van der Waals surface area contributed by atoms with Crippen LogP contribution in [0.25, 0.3) is 21.9 Å². The van der Waals surface area contributed by atoms with Crippen LogP contribution in [0.15, 0.2) is 53.5 Å². The summed E-state index contributed by atoms with van der Waals surface area (Å²) in [7, 11) is 2.14. The number of amides is 1. The fraction of sp³-hybridized carbons (Fsp3) is 0.281. The Morgan fingerprint density at radius 3 is 2.77 bits per heavy atom. The Morgan fingerprint density at radius 1 is 1.14 bits per heavy atom. The average Bonchev–Trinajstić information content (AvgIpc) is 3.35. The van der Waals surface area contributed by atoms with Crippen LogP contribution in [0.4, 0.5) is 8.78 Å². The number of fused-ring (bicyclic) bond motifs is 3. The Morgan fingerprint density at radius 2 is 1.98 bits per heavy atom. The lowest BCUT2D eigenvalue weighted by molar-refractivity contribution is 0.0956. The highest BCUT2D eigenvalue weighted by atomic mass is 35.5. The lowest BCUT2D eigenvalue weighted by Gasteiger charge is -2.31.